The number of nitrogens with one attached hydrogen (secondary N) is 1. The first-order chi connectivity index (χ1) is 12.6. The van der Waals surface area contributed by atoms with Gasteiger partial charge in [0.05, 0.1) is 25.5 Å². The monoisotopic (exact) mass is 371 g/mol. The van der Waals surface area contributed by atoms with Crippen molar-refractivity contribution >= 4 is 23.2 Å². The average molecular weight is 371 g/mol. The van der Waals surface area contributed by atoms with Gasteiger partial charge in [0.2, 0.25) is 0 Å². The van der Waals surface area contributed by atoms with E-state index < -0.39 is 12.1 Å². The highest BCUT2D eigenvalue weighted by atomic mass is 32.1. The first kappa shape index (κ1) is 17.9. The third kappa shape index (κ3) is 4.01. The Morgan fingerprint density at radius 1 is 1.15 bits per heavy atom. The van der Waals surface area contributed by atoms with E-state index in [1.807, 2.05) is 12.1 Å². The number of esters is 1. The molecule has 6 nitrogen and oxygen atoms in total. The molecule has 0 aliphatic carbocycles. The van der Waals surface area contributed by atoms with Crippen molar-refractivity contribution in [3.05, 3.63) is 81.4 Å². The number of methoxy groups -OCH3 is 1. The van der Waals surface area contributed by atoms with Gasteiger partial charge in [-0.15, -0.1) is 11.3 Å². The Labute approximate surface area is 154 Å². The molecule has 3 aromatic rings. The maximum absolute atomic E-state index is 12.2. The summed E-state index contributed by atoms with van der Waals surface area (Å²) in [6, 6.07) is 13.3. The number of benzene rings is 1. The first-order valence-electron chi connectivity index (χ1n) is 7.85. The number of hydrogen-bond acceptors (Lipinski definition) is 6. The van der Waals surface area contributed by atoms with E-state index in [2.05, 4.69) is 10.1 Å². The van der Waals surface area contributed by atoms with Gasteiger partial charge in [-0.25, -0.2) is 4.79 Å². The Morgan fingerprint density at radius 3 is 2.54 bits per heavy atom. The second-order valence-corrected chi connectivity index (χ2v) is 6.67. The lowest BCUT2D eigenvalue weighted by atomic mass is 10.1. The molecular weight excluding hydrogens is 354 g/mol. The van der Waals surface area contributed by atoms with Crippen LogP contribution in [0.5, 0.6) is 0 Å². The van der Waals surface area contributed by atoms with Crippen molar-refractivity contribution in [3.8, 4) is 0 Å². The molecule has 134 valence electrons. The molecule has 0 radical (unpaired) electrons. The smallest absolute Gasteiger partial charge is 0.337 e. The van der Waals surface area contributed by atoms with Crippen LogP contribution >= 0.6 is 11.3 Å². The van der Waals surface area contributed by atoms with E-state index in [9.17, 15) is 14.7 Å². The maximum Gasteiger partial charge on any atom is 0.337 e. The van der Waals surface area contributed by atoms with Crippen LogP contribution in [0.15, 0.2) is 59.2 Å². The van der Waals surface area contributed by atoms with Crippen molar-refractivity contribution in [2.24, 2.45) is 0 Å². The second kappa shape index (κ2) is 7.99. The minimum absolute atomic E-state index is 0.247. The number of furan rings is 1. The molecule has 2 heterocycles. The van der Waals surface area contributed by atoms with Crippen LogP contribution in [0.2, 0.25) is 0 Å². The van der Waals surface area contributed by atoms with Gasteiger partial charge in [0.15, 0.2) is 0 Å². The summed E-state index contributed by atoms with van der Waals surface area (Å²) in [4.78, 5) is 25.3. The summed E-state index contributed by atoms with van der Waals surface area (Å²) in [5.41, 5.74) is 0.837. The number of aliphatic hydroxyl groups is 1. The van der Waals surface area contributed by atoms with Gasteiger partial charge in [-0.3, -0.25) is 4.79 Å². The van der Waals surface area contributed by atoms with Crippen LogP contribution in [0.1, 0.15) is 42.3 Å². The summed E-state index contributed by atoms with van der Waals surface area (Å²) < 4.78 is 9.83. The summed E-state index contributed by atoms with van der Waals surface area (Å²) >= 11 is 1.40. The number of amides is 1. The van der Waals surface area contributed by atoms with Crippen LogP contribution < -0.4 is 5.32 Å². The molecule has 26 heavy (non-hydrogen) atoms. The van der Waals surface area contributed by atoms with Gasteiger partial charge in [0, 0.05) is 15.3 Å². The molecule has 0 aliphatic rings. The summed E-state index contributed by atoms with van der Waals surface area (Å²) in [7, 11) is 1.31. The third-order valence-corrected chi connectivity index (χ3v) is 4.89. The van der Waals surface area contributed by atoms with E-state index in [4.69, 9.17) is 4.42 Å². The fraction of sp³-hybridized carbons (Fsp3) is 0.158. The van der Waals surface area contributed by atoms with Gasteiger partial charge < -0.3 is 19.6 Å². The fourth-order valence-electron chi connectivity index (χ4n) is 2.37. The number of thiophene rings is 1. The molecule has 0 bridgehead atoms. The van der Waals surface area contributed by atoms with Crippen molar-refractivity contribution in [2.75, 3.05) is 7.11 Å². The Kier molecular flexibility index (Phi) is 5.50. The largest absolute Gasteiger partial charge is 0.466 e. The van der Waals surface area contributed by atoms with Gasteiger partial charge in [-0.05, 0) is 48.5 Å². The van der Waals surface area contributed by atoms with Gasteiger partial charge in [-0.1, -0.05) is 0 Å². The van der Waals surface area contributed by atoms with Crippen LogP contribution in [0.3, 0.4) is 0 Å². The Bertz CT molecular complexity index is 883. The number of aliphatic hydroxyl groups excluding tert-OH is 1. The summed E-state index contributed by atoms with van der Waals surface area (Å²) in [5.74, 6) is -0.214. The van der Waals surface area contributed by atoms with Crippen LogP contribution in [0.25, 0.3) is 0 Å². The van der Waals surface area contributed by atoms with E-state index in [0.29, 0.717) is 23.4 Å². The van der Waals surface area contributed by atoms with Crippen molar-refractivity contribution in [1.29, 1.82) is 0 Å². The van der Waals surface area contributed by atoms with Gasteiger partial charge >= 0.3 is 5.97 Å². The van der Waals surface area contributed by atoms with Crippen molar-refractivity contribution in [2.45, 2.75) is 12.6 Å². The quantitative estimate of drug-likeness (QED) is 0.650. The molecule has 0 aliphatic heterocycles. The van der Waals surface area contributed by atoms with Gasteiger partial charge in [-0.2, -0.15) is 0 Å². The summed E-state index contributed by atoms with van der Waals surface area (Å²) in [6.07, 6.45) is 0.698. The minimum atomic E-state index is -0.815. The standard InChI is InChI=1S/C19H17NO5S/c1-24-19(23)13-6-4-12(5-7-13)18(22)20-11-14-8-9-16(26-14)17(21)15-3-2-10-25-15/h2-10,17,21H,11H2,1H3,(H,20,22)/t17-/m0/s1. The number of hydrogen-bond donors (Lipinski definition) is 2. The molecule has 0 fully saturated rings. The molecule has 3 rings (SSSR count). The Hall–Kier alpha value is -2.90. The highest BCUT2D eigenvalue weighted by Gasteiger charge is 2.16. The number of rotatable bonds is 6. The lowest BCUT2D eigenvalue weighted by Crippen LogP contribution is -2.22. The molecule has 1 atom stereocenters. The Morgan fingerprint density at radius 2 is 1.88 bits per heavy atom. The molecule has 2 aromatic heterocycles. The van der Waals surface area contributed by atoms with E-state index >= 15 is 0 Å². The van der Waals surface area contributed by atoms with Gasteiger partial charge in [0.1, 0.15) is 11.9 Å². The Balaban J connectivity index is 1.59. The van der Waals surface area contributed by atoms with Crippen LogP contribution in [-0.2, 0) is 11.3 Å². The number of carbonyl (C=O) groups excluding carboxylic acids is 2. The molecule has 0 unspecified atom stereocenters. The first-order valence-corrected chi connectivity index (χ1v) is 8.67. The molecule has 0 saturated heterocycles. The lowest BCUT2D eigenvalue weighted by Gasteiger charge is -2.05. The summed E-state index contributed by atoms with van der Waals surface area (Å²) in [6.45, 7) is 0.340. The van der Waals surface area contributed by atoms with Crippen molar-refractivity contribution in [1.82, 2.24) is 5.32 Å². The minimum Gasteiger partial charge on any atom is -0.466 e. The molecule has 2 N–H and O–H groups in total. The number of carbonyl (C=O) groups is 2. The van der Waals surface area contributed by atoms with E-state index in [0.717, 1.165) is 9.75 Å². The molecule has 0 saturated carbocycles. The predicted octanol–water partition coefficient (Wildman–Crippen LogP) is 3.14. The average Bonchev–Trinajstić information content (AvgIpc) is 3.37. The van der Waals surface area contributed by atoms with E-state index in [-0.39, 0.29) is 5.91 Å². The highest BCUT2D eigenvalue weighted by Crippen LogP contribution is 2.28. The number of ether oxygens (including phenoxy) is 1. The second-order valence-electron chi connectivity index (χ2n) is 5.47. The third-order valence-electron chi connectivity index (χ3n) is 3.76. The predicted molar refractivity (Wildman–Crippen MR) is 96.0 cm³/mol. The SMILES string of the molecule is COC(=O)c1ccc(C(=O)NCc2ccc([C@@H](O)c3ccco3)s2)cc1. The zero-order valence-electron chi connectivity index (χ0n) is 14.0. The van der Waals surface area contributed by atoms with Crippen LogP contribution in [0.4, 0.5) is 0 Å². The molecule has 7 heteroatoms. The van der Waals surface area contributed by atoms with Gasteiger partial charge in [0.25, 0.3) is 5.91 Å². The topological polar surface area (TPSA) is 88.8 Å². The molecular formula is C19H17NO5S. The van der Waals surface area contributed by atoms with E-state index in [1.54, 1.807) is 36.4 Å². The summed E-state index contributed by atoms with van der Waals surface area (Å²) in [5, 5.41) is 13.0. The normalized spacial score (nSPS) is 11.8. The van der Waals surface area contributed by atoms with Crippen LogP contribution in [0, 0.1) is 0 Å². The molecule has 0 spiro atoms. The fourth-order valence-corrected chi connectivity index (χ4v) is 3.32. The van der Waals surface area contributed by atoms with E-state index in [1.165, 1.54) is 24.7 Å². The lowest BCUT2D eigenvalue weighted by molar-refractivity contribution is 0.0600. The zero-order valence-corrected chi connectivity index (χ0v) is 14.8. The maximum atomic E-state index is 12.2. The zero-order chi connectivity index (χ0) is 18.5. The van der Waals surface area contributed by atoms with Crippen molar-refractivity contribution < 1.29 is 23.8 Å². The molecule has 1 amide bonds. The highest BCUT2D eigenvalue weighted by molar-refractivity contribution is 7.12. The van der Waals surface area contributed by atoms with Crippen LogP contribution in [-0.4, -0.2) is 24.1 Å². The van der Waals surface area contributed by atoms with Crippen molar-refractivity contribution in [3.63, 3.8) is 0 Å². The molecule has 1 aromatic carbocycles.